The second-order valence-electron chi connectivity index (χ2n) is 6.35. The van der Waals surface area contributed by atoms with Gasteiger partial charge in [0.05, 0.1) is 6.42 Å². The van der Waals surface area contributed by atoms with Crippen LogP contribution in [0, 0.1) is 13.8 Å². The zero-order valence-corrected chi connectivity index (χ0v) is 14.1. The van der Waals surface area contributed by atoms with Crippen molar-refractivity contribution in [1.82, 2.24) is 25.1 Å². The number of H-pyrrole nitrogens is 1. The molecule has 0 spiro atoms. The smallest absolute Gasteiger partial charge is 0.254 e. The van der Waals surface area contributed by atoms with Gasteiger partial charge in [-0.05, 0) is 39.2 Å². The van der Waals surface area contributed by atoms with Crippen molar-refractivity contribution in [3.05, 3.63) is 45.4 Å². The summed E-state index contributed by atoms with van der Waals surface area (Å²) >= 11 is 0. The number of amides is 1. The molecule has 0 radical (unpaired) electrons. The third kappa shape index (κ3) is 3.90. The lowest BCUT2D eigenvalue weighted by atomic mass is 10.1. The predicted molar refractivity (Wildman–Crippen MR) is 89.9 cm³/mol. The number of carbonyl (C=O) groups is 1. The van der Waals surface area contributed by atoms with Crippen LogP contribution in [0.4, 0.5) is 0 Å². The van der Waals surface area contributed by atoms with Gasteiger partial charge in [0.25, 0.3) is 5.56 Å². The highest BCUT2D eigenvalue weighted by molar-refractivity contribution is 5.78. The summed E-state index contributed by atoms with van der Waals surface area (Å²) in [6.07, 6.45) is 5.21. The lowest BCUT2D eigenvalue weighted by Gasteiger charge is -2.09. The largest absolute Gasteiger partial charge is 0.356 e. The molecule has 1 aliphatic rings. The highest BCUT2D eigenvalue weighted by atomic mass is 16.2. The topological polar surface area (TPSA) is 92.7 Å². The van der Waals surface area contributed by atoms with Gasteiger partial charge in [0, 0.05) is 42.2 Å². The summed E-state index contributed by atoms with van der Waals surface area (Å²) in [6.45, 7) is 4.84. The van der Waals surface area contributed by atoms with E-state index in [1.807, 2.05) is 10.9 Å². The Balaban J connectivity index is 1.46. The number of aromatic amines is 1. The Kier molecular flexibility index (Phi) is 4.78. The van der Waals surface area contributed by atoms with Crippen molar-refractivity contribution in [2.45, 2.75) is 52.0 Å². The number of aromatic nitrogens is 4. The van der Waals surface area contributed by atoms with Gasteiger partial charge in [-0.2, -0.15) is 5.10 Å². The van der Waals surface area contributed by atoms with E-state index in [4.69, 9.17) is 0 Å². The minimum absolute atomic E-state index is 0.0591. The average Bonchev–Trinajstić information content (AvgIpc) is 3.26. The molecule has 3 rings (SSSR count). The van der Waals surface area contributed by atoms with Gasteiger partial charge in [-0.15, -0.1) is 0 Å². The first kappa shape index (κ1) is 16.4. The van der Waals surface area contributed by atoms with Gasteiger partial charge in [0.1, 0.15) is 5.82 Å². The normalized spacial score (nSPS) is 13.9. The maximum Gasteiger partial charge on any atom is 0.254 e. The SMILES string of the molecule is Cc1nc(C)c(CC(=O)NCCCn2nccc2C2CC2)c(=O)[nH]1. The maximum absolute atomic E-state index is 12.0. The second kappa shape index (κ2) is 6.98. The van der Waals surface area contributed by atoms with Crippen LogP contribution in [0.2, 0.25) is 0 Å². The maximum atomic E-state index is 12.0. The molecule has 2 aromatic rings. The monoisotopic (exact) mass is 329 g/mol. The van der Waals surface area contributed by atoms with Gasteiger partial charge in [0.15, 0.2) is 0 Å². The Hall–Kier alpha value is -2.44. The highest BCUT2D eigenvalue weighted by Crippen LogP contribution is 2.39. The molecule has 0 aliphatic heterocycles. The van der Waals surface area contributed by atoms with E-state index in [9.17, 15) is 9.59 Å². The Morgan fingerprint density at radius 2 is 2.21 bits per heavy atom. The Morgan fingerprint density at radius 1 is 1.42 bits per heavy atom. The fourth-order valence-corrected chi connectivity index (χ4v) is 2.89. The summed E-state index contributed by atoms with van der Waals surface area (Å²) in [5, 5.41) is 7.21. The first-order valence-corrected chi connectivity index (χ1v) is 8.39. The first-order chi connectivity index (χ1) is 11.5. The van der Waals surface area contributed by atoms with Crippen molar-refractivity contribution >= 4 is 5.91 Å². The fourth-order valence-electron chi connectivity index (χ4n) is 2.89. The predicted octanol–water partition coefficient (Wildman–Crippen LogP) is 1.21. The highest BCUT2D eigenvalue weighted by Gasteiger charge is 2.26. The number of nitrogens with one attached hydrogen (secondary N) is 2. The Bertz CT molecular complexity index is 789. The fraction of sp³-hybridized carbons (Fsp3) is 0.529. The van der Waals surface area contributed by atoms with Gasteiger partial charge in [-0.1, -0.05) is 0 Å². The molecule has 1 saturated carbocycles. The molecule has 128 valence electrons. The number of carbonyl (C=O) groups excluding carboxylic acids is 1. The number of rotatable bonds is 7. The summed E-state index contributed by atoms with van der Waals surface area (Å²) in [7, 11) is 0. The van der Waals surface area contributed by atoms with E-state index in [-0.39, 0.29) is 17.9 Å². The lowest BCUT2D eigenvalue weighted by molar-refractivity contribution is -0.120. The molecule has 0 atom stereocenters. The van der Waals surface area contributed by atoms with Gasteiger partial charge in [0.2, 0.25) is 5.91 Å². The van der Waals surface area contributed by atoms with Crippen LogP contribution in [0.25, 0.3) is 0 Å². The number of nitrogens with zero attached hydrogens (tertiary/aromatic N) is 3. The zero-order chi connectivity index (χ0) is 17.1. The first-order valence-electron chi connectivity index (χ1n) is 8.39. The molecule has 1 fully saturated rings. The second-order valence-corrected chi connectivity index (χ2v) is 6.35. The van der Waals surface area contributed by atoms with Crippen molar-refractivity contribution in [1.29, 1.82) is 0 Å². The number of hydrogen-bond donors (Lipinski definition) is 2. The van der Waals surface area contributed by atoms with Crippen LogP contribution < -0.4 is 10.9 Å². The minimum atomic E-state index is -0.235. The van der Waals surface area contributed by atoms with Crippen molar-refractivity contribution in [3.8, 4) is 0 Å². The molecule has 24 heavy (non-hydrogen) atoms. The molecule has 0 aromatic carbocycles. The van der Waals surface area contributed by atoms with Crippen LogP contribution >= 0.6 is 0 Å². The zero-order valence-electron chi connectivity index (χ0n) is 14.1. The van der Waals surface area contributed by atoms with E-state index in [1.165, 1.54) is 18.5 Å². The third-order valence-corrected chi connectivity index (χ3v) is 4.29. The summed E-state index contributed by atoms with van der Waals surface area (Å²) in [6, 6.07) is 2.08. The van der Waals surface area contributed by atoms with Gasteiger partial charge >= 0.3 is 0 Å². The lowest BCUT2D eigenvalue weighted by Crippen LogP contribution is -2.30. The van der Waals surface area contributed by atoms with E-state index in [0.717, 1.165) is 13.0 Å². The number of hydrogen-bond acceptors (Lipinski definition) is 4. The van der Waals surface area contributed by atoms with E-state index in [0.29, 0.717) is 29.5 Å². The molecular weight excluding hydrogens is 306 g/mol. The van der Waals surface area contributed by atoms with E-state index < -0.39 is 0 Å². The molecular formula is C17H23N5O2. The summed E-state index contributed by atoms with van der Waals surface area (Å²) < 4.78 is 2.03. The standard InChI is InChI=1S/C17H23N5O2/c1-11-14(17(24)21-12(2)20-11)10-16(23)18-7-3-9-22-15(6-8-19-22)13-4-5-13/h6,8,13H,3-5,7,9-10H2,1-2H3,(H,18,23)(H,20,21,24). The molecule has 0 bridgehead atoms. The average molecular weight is 329 g/mol. The van der Waals surface area contributed by atoms with Crippen molar-refractivity contribution < 1.29 is 4.79 Å². The Morgan fingerprint density at radius 3 is 2.92 bits per heavy atom. The molecule has 1 amide bonds. The van der Waals surface area contributed by atoms with E-state index in [1.54, 1.807) is 13.8 Å². The van der Waals surface area contributed by atoms with Crippen LogP contribution in [-0.4, -0.2) is 32.2 Å². The summed E-state index contributed by atoms with van der Waals surface area (Å²) in [4.78, 5) is 30.8. The minimum Gasteiger partial charge on any atom is -0.356 e. The molecule has 2 heterocycles. The van der Waals surface area contributed by atoms with Crippen LogP contribution in [0.5, 0.6) is 0 Å². The molecule has 7 nitrogen and oxygen atoms in total. The van der Waals surface area contributed by atoms with Gasteiger partial charge < -0.3 is 10.3 Å². The molecule has 0 unspecified atom stereocenters. The van der Waals surface area contributed by atoms with Crippen LogP contribution in [0.15, 0.2) is 17.1 Å². The molecule has 2 aromatic heterocycles. The van der Waals surface area contributed by atoms with Gasteiger partial charge in [-0.3, -0.25) is 14.3 Å². The summed E-state index contributed by atoms with van der Waals surface area (Å²) in [5.41, 5.74) is 2.10. The van der Waals surface area contributed by atoms with Crippen LogP contribution in [-0.2, 0) is 17.8 Å². The summed E-state index contributed by atoms with van der Waals surface area (Å²) in [5.74, 6) is 1.08. The van der Waals surface area contributed by atoms with E-state index in [2.05, 4.69) is 26.4 Å². The van der Waals surface area contributed by atoms with Gasteiger partial charge in [-0.25, -0.2) is 4.98 Å². The Labute approximate surface area is 140 Å². The molecule has 1 aliphatic carbocycles. The van der Waals surface area contributed by atoms with Crippen molar-refractivity contribution in [2.75, 3.05) is 6.54 Å². The van der Waals surface area contributed by atoms with E-state index >= 15 is 0 Å². The molecule has 0 saturated heterocycles. The quantitative estimate of drug-likeness (QED) is 0.747. The molecule has 2 N–H and O–H groups in total. The molecule has 7 heteroatoms. The van der Waals surface area contributed by atoms with Crippen LogP contribution in [0.3, 0.4) is 0 Å². The van der Waals surface area contributed by atoms with Crippen molar-refractivity contribution in [3.63, 3.8) is 0 Å². The van der Waals surface area contributed by atoms with Crippen LogP contribution in [0.1, 0.15) is 48.0 Å². The van der Waals surface area contributed by atoms with Crippen molar-refractivity contribution in [2.24, 2.45) is 0 Å². The number of aryl methyl sites for hydroxylation is 3. The third-order valence-electron chi connectivity index (χ3n) is 4.29.